The third-order valence-electron chi connectivity index (χ3n) is 4.38. The van der Waals surface area contributed by atoms with Crippen LogP contribution in [0, 0.1) is 0 Å². The number of hydrogen-bond donors (Lipinski definition) is 1. The third-order valence-corrected chi connectivity index (χ3v) is 4.38. The number of nitrogens with zero attached hydrogens (tertiary/aromatic N) is 1. The van der Waals surface area contributed by atoms with Gasteiger partial charge in [-0.2, -0.15) is 0 Å². The Bertz CT molecular complexity index is 872. The second-order valence-corrected chi connectivity index (χ2v) is 5.98. The molecule has 27 heavy (non-hydrogen) atoms. The highest BCUT2D eigenvalue weighted by Gasteiger charge is 2.41. The molecule has 2 aromatic rings. The van der Waals surface area contributed by atoms with E-state index in [2.05, 4.69) is 0 Å². The Balaban J connectivity index is 2.06. The van der Waals surface area contributed by atoms with E-state index in [0.29, 0.717) is 23.7 Å². The van der Waals surface area contributed by atoms with Crippen molar-refractivity contribution in [3.63, 3.8) is 0 Å². The molecule has 0 saturated carbocycles. The van der Waals surface area contributed by atoms with E-state index in [1.165, 1.54) is 7.11 Å². The zero-order valence-electron chi connectivity index (χ0n) is 15.0. The van der Waals surface area contributed by atoms with Gasteiger partial charge in [-0.15, -0.1) is 0 Å². The molecule has 7 nitrogen and oxygen atoms in total. The predicted molar refractivity (Wildman–Crippen MR) is 96.1 cm³/mol. The number of amides is 2. The molecular weight excluding hydrogens is 350 g/mol. The molecule has 3 rings (SSSR count). The van der Waals surface area contributed by atoms with Crippen LogP contribution < -0.4 is 9.47 Å². The third kappa shape index (κ3) is 3.36. The van der Waals surface area contributed by atoms with Gasteiger partial charge in [0, 0.05) is 0 Å². The summed E-state index contributed by atoms with van der Waals surface area (Å²) < 4.78 is 10.8. The lowest BCUT2D eigenvalue weighted by Crippen LogP contribution is -2.35. The highest BCUT2D eigenvalue weighted by atomic mass is 16.5. The van der Waals surface area contributed by atoms with Crippen LogP contribution in [-0.2, 0) is 4.79 Å². The number of ether oxygens (including phenoxy) is 2. The topological polar surface area (TPSA) is 93.1 Å². The molecule has 0 bridgehead atoms. The molecule has 0 fully saturated rings. The Morgan fingerprint density at radius 3 is 2.22 bits per heavy atom. The van der Waals surface area contributed by atoms with E-state index in [9.17, 15) is 19.5 Å². The van der Waals surface area contributed by atoms with Crippen molar-refractivity contribution in [3.05, 3.63) is 59.2 Å². The van der Waals surface area contributed by atoms with Crippen LogP contribution in [-0.4, -0.2) is 41.5 Å². The Morgan fingerprint density at radius 2 is 1.70 bits per heavy atom. The molecule has 7 heteroatoms. The molecule has 0 radical (unpaired) electrons. The van der Waals surface area contributed by atoms with Gasteiger partial charge in [0.1, 0.15) is 0 Å². The summed E-state index contributed by atoms with van der Waals surface area (Å²) in [5.74, 6) is -1.22. The molecule has 1 aliphatic rings. The first-order valence-electron chi connectivity index (χ1n) is 8.47. The highest BCUT2D eigenvalue weighted by Crippen LogP contribution is 2.37. The number of imide groups is 1. The number of methoxy groups -OCH3 is 1. The molecule has 1 heterocycles. The average Bonchev–Trinajstić information content (AvgIpc) is 2.91. The number of rotatable bonds is 7. The van der Waals surface area contributed by atoms with E-state index in [-0.39, 0.29) is 11.1 Å². The predicted octanol–water partition coefficient (Wildman–Crippen LogP) is 2.91. The fourth-order valence-electron chi connectivity index (χ4n) is 3.18. The maximum absolute atomic E-state index is 12.8. The largest absolute Gasteiger partial charge is 0.493 e. The van der Waals surface area contributed by atoms with Gasteiger partial charge in [0.25, 0.3) is 11.8 Å². The quantitative estimate of drug-likeness (QED) is 0.755. The van der Waals surface area contributed by atoms with Crippen molar-refractivity contribution in [3.8, 4) is 11.5 Å². The SMILES string of the molecule is CCOc1cc([C@@H](CC(=O)O)N2C(=O)c3ccccc3C2=O)ccc1OC. The summed E-state index contributed by atoms with van der Waals surface area (Å²) in [5.41, 5.74) is 1.03. The van der Waals surface area contributed by atoms with Crippen LogP contribution >= 0.6 is 0 Å². The van der Waals surface area contributed by atoms with Gasteiger partial charge >= 0.3 is 5.97 Å². The van der Waals surface area contributed by atoms with Gasteiger partial charge in [0.15, 0.2) is 11.5 Å². The Hall–Kier alpha value is -3.35. The normalized spacial score (nSPS) is 14.1. The second kappa shape index (κ2) is 7.49. The lowest BCUT2D eigenvalue weighted by molar-refractivity contribution is -0.138. The molecule has 2 aromatic carbocycles. The summed E-state index contributed by atoms with van der Waals surface area (Å²) >= 11 is 0. The van der Waals surface area contributed by atoms with Crippen molar-refractivity contribution >= 4 is 17.8 Å². The number of hydrogen-bond acceptors (Lipinski definition) is 5. The van der Waals surface area contributed by atoms with Crippen molar-refractivity contribution in [1.82, 2.24) is 4.90 Å². The minimum atomic E-state index is -1.12. The van der Waals surface area contributed by atoms with E-state index >= 15 is 0 Å². The summed E-state index contributed by atoms with van der Waals surface area (Å²) in [6.45, 7) is 2.20. The first kappa shape index (κ1) is 18.4. The molecule has 0 unspecified atom stereocenters. The highest BCUT2D eigenvalue weighted by molar-refractivity contribution is 6.21. The first-order valence-corrected chi connectivity index (χ1v) is 8.47. The van der Waals surface area contributed by atoms with Gasteiger partial charge in [-0.25, -0.2) is 0 Å². The van der Waals surface area contributed by atoms with Crippen molar-refractivity contribution in [2.24, 2.45) is 0 Å². The number of carbonyl (C=O) groups is 3. The van der Waals surface area contributed by atoms with Crippen LogP contribution in [0.25, 0.3) is 0 Å². The standard InChI is InChI=1S/C20H19NO6/c1-3-27-17-10-12(8-9-16(17)26-2)15(11-18(22)23)21-19(24)13-6-4-5-7-14(13)20(21)25/h4-10,15H,3,11H2,1-2H3,(H,22,23)/t15-/m1/s1. The zero-order chi connectivity index (χ0) is 19.6. The Labute approximate surface area is 156 Å². The minimum Gasteiger partial charge on any atom is -0.493 e. The monoisotopic (exact) mass is 369 g/mol. The van der Waals surface area contributed by atoms with Crippen LogP contribution in [0.2, 0.25) is 0 Å². The summed E-state index contributed by atoms with van der Waals surface area (Å²) in [6, 6.07) is 10.4. The Morgan fingerprint density at radius 1 is 1.07 bits per heavy atom. The smallest absolute Gasteiger partial charge is 0.305 e. The molecule has 0 aliphatic carbocycles. The van der Waals surface area contributed by atoms with Gasteiger partial charge < -0.3 is 14.6 Å². The summed E-state index contributed by atoms with van der Waals surface area (Å²) in [7, 11) is 1.50. The van der Waals surface area contributed by atoms with E-state index in [0.717, 1.165) is 4.90 Å². The van der Waals surface area contributed by atoms with Crippen molar-refractivity contribution < 1.29 is 29.0 Å². The van der Waals surface area contributed by atoms with Gasteiger partial charge in [0.05, 0.1) is 37.3 Å². The summed E-state index contributed by atoms with van der Waals surface area (Å²) in [4.78, 5) is 38.1. The molecule has 1 N–H and O–H groups in total. The Kier molecular flexibility index (Phi) is 5.12. The molecule has 1 aliphatic heterocycles. The number of carbonyl (C=O) groups excluding carboxylic acids is 2. The molecule has 2 amide bonds. The molecule has 0 aromatic heterocycles. The van der Waals surface area contributed by atoms with Gasteiger partial charge in [-0.05, 0) is 36.8 Å². The van der Waals surface area contributed by atoms with E-state index in [1.807, 2.05) is 6.92 Å². The van der Waals surface area contributed by atoms with Gasteiger partial charge in [-0.3, -0.25) is 19.3 Å². The minimum absolute atomic E-state index is 0.274. The molecule has 0 saturated heterocycles. The fraction of sp³-hybridized carbons (Fsp3) is 0.250. The van der Waals surface area contributed by atoms with Crippen LogP contribution in [0.5, 0.6) is 11.5 Å². The first-order chi connectivity index (χ1) is 13.0. The van der Waals surface area contributed by atoms with Gasteiger partial charge in [0.2, 0.25) is 0 Å². The van der Waals surface area contributed by atoms with E-state index in [4.69, 9.17) is 9.47 Å². The average molecular weight is 369 g/mol. The zero-order valence-corrected chi connectivity index (χ0v) is 15.0. The summed E-state index contributed by atoms with van der Waals surface area (Å²) in [5, 5.41) is 9.36. The number of carboxylic acid groups (broad SMARTS) is 1. The van der Waals surface area contributed by atoms with Crippen LogP contribution in [0.4, 0.5) is 0 Å². The molecule has 140 valence electrons. The van der Waals surface area contributed by atoms with Crippen molar-refractivity contribution in [2.75, 3.05) is 13.7 Å². The lowest BCUT2D eigenvalue weighted by atomic mass is 10.0. The second-order valence-electron chi connectivity index (χ2n) is 5.98. The molecular formula is C20H19NO6. The lowest BCUT2D eigenvalue weighted by Gasteiger charge is -2.26. The van der Waals surface area contributed by atoms with Crippen molar-refractivity contribution in [1.29, 1.82) is 0 Å². The number of benzene rings is 2. The van der Waals surface area contributed by atoms with Crippen molar-refractivity contribution in [2.45, 2.75) is 19.4 Å². The number of aliphatic carboxylic acids is 1. The van der Waals surface area contributed by atoms with E-state index in [1.54, 1.807) is 42.5 Å². The van der Waals surface area contributed by atoms with Crippen LogP contribution in [0.15, 0.2) is 42.5 Å². The maximum atomic E-state index is 12.8. The van der Waals surface area contributed by atoms with Crippen LogP contribution in [0.1, 0.15) is 45.7 Å². The fourth-order valence-corrected chi connectivity index (χ4v) is 3.18. The summed E-state index contributed by atoms with van der Waals surface area (Å²) in [6.07, 6.45) is -0.413. The van der Waals surface area contributed by atoms with E-state index < -0.39 is 30.2 Å². The number of carboxylic acids is 1. The van der Waals surface area contributed by atoms with Crippen LogP contribution in [0.3, 0.4) is 0 Å². The molecule has 0 spiro atoms. The molecule has 1 atom stereocenters. The maximum Gasteiger partial charge on any atom is 0.305 e. The number of fused-ring (bicyclic) bond motifs is 1. The van der Waals surface area contributed by atoms with Gasteiger partial charge in [-0.1, -0.05) is 18.2 Å².